The van der Waals surface area contributed by atoms with Gasteiger partial charge in [0, 0.05) is 6.92 Å². The number of nitrogens with one attached hydrogen (secondary N) is 1. The normalized spacial score (nSPS) is 28.9. The summed E-state index contributed by atoms with van der Waals surface area (Å²) < 4.78 is 0. The van der Waals surface area contributed by atoms with E-state index in [1.807, 2.05) is 13.8 Å². The Morgan fingerprint density at radius 1 is 1.32 bits per heavy atom. The minimum Gasteiger partial charge on any atom is -0.480 e. The van der Waals surface area contributed by atoms with Gasteiger partial charge in [-0.2, -0.15) is 0 Å². The number of hydrogen-bond donors (Lipinski definition) is 2. The van der Waals surface area contributed by atoms with Crippen LogP contribution in [0.25, 0.3) is 0 Å². The Morgan fingerprint density at radius 3 is 2.16 bits per heavy atom. The van der Waals surface area contributed by atoms with Gasteiger partial charge in [-0.05, 0) is 5.41 Å². The minimum atomic E-state index is -1.27. The molecule has 0 spiro atoms. The Kier molecular flexibility index (Phi) is 2.87. The van der Waals surface area contributed by atoms with Gasteiger partial charge in [-0.1, -0.05) is 13.8 Å². The van der Waals surface area contributed by atoms with E-state index in [0.29, 0.717) is 0 Å². The highest BCUT2D eigenvalue weighted by atomic mass is 16.4. The average Bonchev–Trinajstić information content (AvgIpc) is 2.73. The summed E-state index contributed by atoms with van der Waals surface area (Å²) in [6, 6.07) is -1.26. The van der Waals surface area contributed by atoms with E-state index in [0.717, 1.165) is 4.90 Å². The number of rotatable bonds is 4. The van der Waals surface area contributed by atoms with Gasteiger partial charge in [-0.3, -0.25) is 19.3 Å². The monoisotopic (exact) mass is 268 g/mol. The Bertz CT molecular complexity index is 461. The lowest BCUT2D eigenvalue weighted by atomic mass is 10.1. The highest BCUT2D eigenvalue weighted by Crippen LogP contribution is 2.63. The summed E-state index contributed by atoms with van der Waals surface area (Å²) >= 11 is 0. The number of likely N-dealkylation sites (tertiary alicyclic amines) is 1. The van der Waals surface area contributed by atoms with Crippen LogP contribution in [0, 0.1) is 17.3 Å². The van der Waals surface area contributed by atoms with Crippen LogP contribution in [0.1, 0.15) is 20.8 Å². The topological polar surface area (TPSA) is 104 Å². The molecule has 3 atom stereocenters. The van der Waals surface area contributed by atoms with Crippen LogP contribution in [0.3, 0.4) is 0 Å². The van der Waals surface area contributed by atoms with E-state index < -0.39 is 17.9 Å². The van der Waals surface area contributed by atoms with Gasteiger partial charge in [-0.15, -0.1) is 0 Å². The number of aliphatic carboxylic acids is 1. The molecule has 0 aromatic heterocycles. The zero-order valence-electron chi connectivity index (χ0n) is 11.0. The number of nitrogens with zero attached hydrogens (tertiary/aromatic N) is 1. The van der Waals surface area contributed by atoms with Crippen molar-refractivity contribution in [1.29, 1.82) is 0 Å². The van der Waals surface area contributed by atoms with Crippen molar-refractivity contribution in [3.05, 3.63) is 0 Å². The number of carbonyl (C=O) groups excluding carboxylic acids is 3. The minimum absolute atomic E-state index is 0.310. The lowest BCUT2D eigenvalue weighted by Gasteiger charge is -2.23. The molecule has 0 radical (unpaired) electrons. The molecule has 1 saturated heterocycles. The van der Waals surface area contributed by atoms with Gasteiger partial charge in [0.2, 0.25) is 17.7 Å². The largest absolute Gasteiger partial charge is 0.480 e. The second-order valence-corrected chi connectivity index (χ2v) is 5.66. The fraction of sp³-hybridized carbons (Fsp3) is 0.667. The van der Waals surface area contributed by atoms with Crippen LogP contribution in [-0.2, 0) is 19.2 Å². The molecule has 3 unspecified atom stereocenters. The van der Waals surface area contributed by atoms with Crippen molar-refractivity contribution < 1.29 is 24.3 Å². The molecular formula is C12H16N2O5. The maximum absolute atomic E-state index is 12.0. The van der Waals surface area contributed by atoms with E-state index in [2.05, 4.69) is 5.32 Å². The predicted molar refractivity (Wildman–Crippen MR) is 62.7 cm³/mol. The van der Waals surface area contributed by atoms with Crippen LogP contribution >= 0.6 is 0 Å². The highest BCUT2D eigenvalue weighted by molar-refractivity contribution is 6.10. The molecule has 7 heteroatoms. The van der Waals surface area contributed by atoms with Gasteiger partial charge in [0.25, 0.3) is 0 Å². The number of carboxylic acid groups (broad SMARTS) is 1. The SMILES string of the molecule is CC(=O)NC(CN1C(=O)C2C(C1=O)C2(C)C)C(=O)O. The lowest BCUT2D eigenvalue weighted by Crippen LogP contribution is -2.50. The van der Waals surface area contributed by atoms with Gasteiger partial charge >= 0.3 is 5.97 Å². The van der Waals surface area contributed by atoms with Crippen molar-refractivity contribution >= 4 is 23.7 Å². The van der Waals surface area contributed by atoms with Crippen molar-refractivity contribution in [2.24, 2.45) is 17.3 Å². The van der Waals surface area contributed by atoms with Crippen LogP contribution in [0.15, 0.2) is 0 Å². The van der Waals surface area contributed by atoms with E-state index in [1.54, 1.807) is 0 Å². The average molecular weight is 268 g/mol. The van der Waals surface area contributed by atoms with Crippen LogP contribution in [0.5, 0.6) is 0 Å². The predicted octanol–water partition coefficient (Wildman–Crippen LogP) is -0.783. The second-order valence-electron chi connectivity index (χ2n) is 5.66. The van der Waals surface area contributed by atoms with Gasteiger partial charge in [0.15, 0.2) is 0 Å². The van der Waals surface area contributed by atoms with Crippen molar-refractivity contribution in [2.45, 2.75) is 26.8 Å². The Balaban J connectivity index is 2.08. The highest BCUT2D eigenvalue weighted by Gasteiger charge is 2.72. The molecule has 2 rings (SSSR count). The van der Waals surface area contributed by atoms with Crippen LogP contribution < -0.4 is 5.32 Å². The number of fused-ring (bicyclic) bond motifs is 1. The molecule has 1 saturated carbocycles. The third kappa shape index (κ3) is 1.98. The molecule has 7 nitrogen and oxygen atoms in total. The molecular weight excluding hydrogens is 252 g/mol. The first-order valence-corrected chi connectivity index (χ1v) is 6.03. The number of amides is 3. The molecule has 2 fully saturated rings. The fourth-order valence-corrected chi connectivity index (χ4v) is 2.80. The zero-order chi connectivity index (χ0) is 14.5. The first-order chi connectivity index (χ1) is 8.67. The van der Waals surface area contributed by atoms with Crippen molar-refractivity contribution in [2.75, 3.05) is 6.54 Å². The molecule has 104 valence electrons. The van der Waals surface area contributed by atoms with Crippen molar-refractivity contribution in [3.63, 3.8) is 0 Å². The lowest BCUT2D eigenvalue weighted by molar-refractivity contribution is -0.147. The van der Waals surface area contributed by atoms with Crippen LogP contribution in [0.2, 0.25) is 0 Å². The maximum atomic E-state index is 12.0. The van der Waals surface area contributed by atoms with Gasteiger partial charge in [-0.25, -0.2) is 4.79 Å². The second kappa shape index (κ2) is 4.04. The smallest absolute Gasteiger partial charge is 0.328 e. The number of carboxylic acids is 1. The summed E-state index contributed by atoms with van der Waals surface area (Å²) in [5, 5.41) is 11.2. The third-order valence-corrected chi connectivity index (χ3v) is 3.93. The third-order valence-electron chi connectivity index (χ3n) is 3.93. The fourth-order valence-electron chi connectivity index (χ4n) is 2.80. The van der Waals surface area contributed by atoms with Crippen LogP contribution in [-0.4, -0.2) is 46.3 Å². The molecule has 2 aliphatic rings. The standard InChI is InChI=1S/C12H16N2O5/c1-5(15)13-6(11(18)19)4-14-9(16)7-8(10(14)17)12(7,2)3/h6-8H,4H2,1-3H3,(H,13,15)(H,18,19). The number of piperidine rings is 1. The molecule has 1 aliphatic carbocycles. The van der Waals surface area contributed by atoms with Gasteiger partial charge in [0.1, 0.15) is 6.04 Å². The summed E-state index contributed by atoms with van der Waals surface area (Å²) in [5.41, 5.74) is -0.322. The molecule has 0 aromatic carbocycles. The van der Waals surface area contributed by atoms with E-state index in [-0.39, 0.29) is 35.6 Å². The molecule has 0 bridgehead atoms. The first kappa shape index (κ1) is 13.5. The van der Waals surface area contributed by atoms with Crippen molar-refractivity contribution in [1.82, 2.24) is 10.2 Å². The molecule has 19 heavy (non-hydrogen) atoms. The van der Waals surface area contributed by atoms with Gasteiger partial charge < -0.3 is 10.4 Å². The van der Waals surface area contributed by atoms with E-state index in [9.17, 15) is 19.2 Å². The quantitative estimate of drug-likeness (QED) is 0.651. The molecule has 0 aromatic rings. The van der Waals surface area contributed by atoms with E-state index >= 15 is 0 Å². The number of hydrogen-bond acceptors (Lipinski definition) is 4. The summed E-state index contributed by atoms with van der Waals surface area (Å²) in [6.07, 6.45) is 0. The Morgan fingerprint density at radius 2 is 1.79 bits per heavy atom. The van der Waals surface area contributed by atoms with E-state index in [4.69, 9.17) is 5.11 Å². The van der Waals surface area contributed by atoms with Crippen molar-refractivity contribution in [3.8, 4) is 0 Å². The zero-order valence-corrected chi connectivity index (χ0v) is 11.0. The van der Waals surface area contributed by atoms with Crippen LogP contribution in [0.4, 0.5) is 0 Å². The van der Waals surface area contributed by atoms with E-state index in [1.165, 1.54) is 6.92 Å². The molecule has 1 heterocycles. The maximum Gasteiger partial charge on any atom is 0.328 e. The Labute approximate surface area is 109 Å². The summed E-state index contributed by atoms with van der Waals surface area (Å²) in [6.45, 7) is 4.57. The number of carbonyl (C=O) groups is 4. The summed E-state index contributed by atoms with van der Waals surface area (Å²) in [5.74, 6) is -3.14. The molecule has 1 aliphatic heterocycles. The molecule has 3 amide bonds. The summed E-state index contributed by atoms with van der Waals surface area (Å²) in [7, 11) is 0. The molecule has 2 N–H and O–H groups in total. The van der Waals surface area contributed by atoms with Gasteiger partial charge in [0.05, 0.1) is 18.4 Å². The summed E-state index contributed by atoms with van der Waals surface area (Å²) in [4.78, 5) is 46.9. The number of imide groups is 1. The Hall–Kier alpha value is -1.92. The first-order valence-electron chi connectivity index (χ1n) is 6.03.